The zero-order chi connectivity index (χ0) is 23.8. The van der Waals surface area contributed by atoms with Crippen LogP contribution in [0.1, 0.15) is 33.1 Å². The second kappa shape index (κ2) is 10.4. The van der Waals surface area contributed by atoms with Crippen LogP contribution in [-0.4, -0.2) is 108 Å². The molecule has 0 bridgehead atoms. The van der Waals surface area contributed by atoms with E-state index in [1.54, 1.807) is 14.0 Å². The van der Waals surface area contributed by atoms with Gasteiger partial charge in [-0.1, -0.05) is 0 Å². The van der Waals surface area contributed by atoms with Gasteiger partial charge < -0.3 is 62.5 Å². The Labute approximate surface area is 188 Å². The first-order valence-electron chi connectivity index (χ1n) is 11.3. The smallest absolute Gasteiger partial charge is 0.185 e. The lowest BCUT2D eigenvalue weighted by Crippen LogP contribution is -2.68. The van der Waals surface area contributed by atoms with Crippen molar-refractivity contribution in [1.29, 1.82) is 0 Å². The maximum Gasteiger partial charge on any atom is 0.185 e. The highest BCUT2D eigenvalue weighted by atomic mass is 16.7. The first-order valence-corrected chi connectivity index (χ1v) is 11.3. The van der Waals surface area contributed by atoms with E-state index in [4.69, 9.17) is 41.9 Å². The predicted octanol–water partition coefficient (Wildman–Crippen LogP) is -3.59. The lowest BCUT2D eigenvalue weighted by molar-refractivity contribution is -0.307. The summed E-state index contributed by atoms with van der Waals surface area (Å²) >= 11 is 0. The Morgan fingerprint density at radius 1 is 1.00 bits per heavy atom. The van der Waals surface area contributed by atoms with E-state index in [1.807, 2.05) is 6.92 Å². The molecule has 1 aliphatic carbocycles. The fraction of sp³-hybridized carbons (Fsp3) is 1.00. The van der Waals surface area contributed by atoms with Crippen molar-refractivity contribution in [2.24, 2.45) is 22.9 Å². The van der Waals surface area contributed by atoms with Crippen molar-refractivity contribution >= 4 is 0 Å². The Morgan fingerprint density at radius 3 is 2.16 bits per heavy atom. The zero-order valence-corrected chi connectivity index (χ0v) is 19.0. The van der Waals surface area contributed by atoms with Gasteiger partial charge in [0.15, 0.2) is 12.6 Å². The molecule has 0 unspecified atom stereocenters. The molecule has 0 aromatic carbocycles. The molecule has 3 aliphatic rings. The summed E-state index contributed by atoms with van der Waals surface area (Å²) in [7, 11) is 1.62. The summed E-state index contributed by atoms with van der Waals surface area (Å²) in [5, 5.41) is 35.0. The standard InChI is InChI=1S/C20H41N5O7/c1-8(21)12-5-4-9(22)18(30-12)31-15-10(23)6-11(24)16(13(15)26)32-19-14(27)17(25-3)20(2,28)7-29-19/h8-19,25-28H,4-7,21-24H2,1-3H3/t8-,9-,10-,11+,12-,13-,14-,15-,16+,17+,18-,19-,20-/m0/s1. The van der Waals surface area contributed by atoms with Crippen LogP contribution in [0.15, 0.2) is 0 Å². The average Bonchev–Trinajstić information content (AvgIpc) is 2.71. The van der Waals surface area contributed by atoms with Crippen LogP contribution >= 0.6 is 0 Å². The minimum atomic E-state index is -1.29. The van der Waals surface area contributed by atoms with Crippen molar-refractivity contribution < 1.29 is 34.3 Å². The number of hydrogen-bond donors (Lipinski definition) is 8. The second-order valence-electron chi connectivity index (χ2n) is 9.69. The molecule has 0 spiro atoms. The van der Waals surface area contributed by atoms with Crippen molar-refractivity contribution in [3.05, 3.63) is 0 Å². The maximum atomic E-state index is 11.1. The van der Waals surface area contributed by atoms with Gasteiger partial charge >= 0.3 is 0 Å². The molecule has 2 heterocycles. The van der Waals surface area contributed by atoms with Crippen LogP contribution in [0.2, 0.25) is 0 Å². The van der Waals surface area contributed by atoms with E-state index < -0.39 is 60.7 Å². The zero-order valence-electron chi connectivity index (χ0n) is 19.0. The molecule has 0 aromatic rings. The lowest BCUT2D eigenvalue weighted by atomic mass is 9.84. The number of nitrogens with two attached hydrogens (primary N) is 4. The molecule has 12 heteroatoms. The molecular weight excluding hydrogens is 422 g/mol. The number of aliphatic hydroxyl groups is 3. The van der Waals surface area contributed by atoms with Crippen molar-refractivity contribution in [2.45, 2.75) is 112 Å². The average molecular weight is 464 g/mol. The SMILES string of the molecule is CN[C@@H]1[C@H](O)[C@H](O[C@H]2[C@@H](O)[C@@H](O[C@@H]3O[C@H]([C@H](C)N)CC[C@@H]3N)[C@@H](N)C[C@H]2N)OC[C@]1(C)O. The lowest BCUT2D eigenvalue weighted by Gasteiger charge is -2.48. The van der Waals surface area contributed by atoms with E-state index in [9.17, 15) is 15.3 Å². The van der Waals surface area contributed by atoms with Gasteiger partial charge in [0.05, 0.1) is 24.8 Å². The third kappa shape index (κ3) is 5.43. The van der Waals surface area contributed by atoms with Gasteiger partial charge in [0.25, 0.3) is 0 Å². The quantitative estimate of drug-likeness (QED) is 0.192. The Kier molecular flexibility index (Phi) is 8.51. The van der Waals surface area contributed by atoms with Gasteiger partial charge in [-0.2, -0.15) is 0 Å². The number of aliphatic hydroxyl groups excluding tert-OH is 2. The Hall–Kier alpha value is -0.480. The van der Waals surface area contributed by atoms with E-state index >= 15 is 0 Å². The molecule has 188 valence electrons. The molecule has 0 radical (unpaired) electrons. The minimum Gasteiger partial charge on any atom is -0.388 e. The second-order valence-corrected chi connectivity index (χ2v) is 9.69. The predicted molar refractivity (Wildman–Crippen MR) is 115 cm³/mol. The van der Waals surface area contributed by atoms with Crippen molar-refractivity contribution in [2.75, 3.05) is 13.7 Å². The summed E-state index contributed by atoms with van der Waals surface area (Å²) in [6, 6.07) is -2.47. The molecular formula is C20H41N5O7. The molecule has 2 aliphatic heterocycles. The summed E-state index contributed by atoms with van der Waals surface area (Å²) in [6.07, 6.45) is -4.58. The van der Waals surface area contributed by atoms with Crippen LogP contribution in [-0.2, 0) is 18.9 Å². The number of likely N-dealkylation sites (N-methyl/N-ethyl adjacent to an activating group) is 1. The number of nitrogens with one attached hydrogen (secondary N) is 1. The Bertz CT molecular complexity index is 615. The first-order chi connectivity index (χ1) is 15.0. The van der Waals surface area contributed by atoms with Gasteiger partial charge in [0.2, 0.25) is 0 Å². The van der Waals surface area contributed by atoms with E-state index in [0.717, 1.165) is 6.42 Å². The Morgan fingerprint density at radius 2 is 1.59 bits per heavy atom. The van der Waals surface area contributed by atoms with Crippen LogP contribution in [0.5, 0.6) is 0 Å². The number of ether oxygens (including phenoxy) is 4. The van der Waals surface area contributed by atoms with Gasteiger partial charge in [-0.05, 0) is 40.2 Å². The third-order valence-electron chi connectivity index (χ3n) is 6.81. The number of rotatable bonds is 6. The maximum absolute atomic E-state index is 11.1. The number of hydrogen-bond acceptors (Lipinski definition) is 12. The molecule has 0 aromatic heterocycles. The van der Waals surface area contributed by atoms with E-state index in [-0.39, 0.29) is 24.8 Å². The highest BCUT2D eigenvalue weighted by molar-refractivity contribution is 5.02. The summed E-state index contributed by atoms with van der Waals surface area (Å²) in [5.74, 6) is 0. The molecule has 12 nitrogen and oxygen atoms in total. The monoisotopic (exact) mass is 463 g/mol. The Balaban J connectivity index is 1.69. The van der Waals surface area contributed by atoms with E-state index in [1.165, 1.54) is 0 Å². The van der Waals surface area contributed by atoms with Crippen molar-refractivity contribution in [3.63, 3.8) is 0 Å². The fourth-order valence-electron chi connectivity index (χ4n) is 4.87. The molecule has 0 amide bonds. The summed E-state index contributed by atoms with van der Waals surface area (Å²) in [4.78, 5) is 0. The van der Waals surface area contributed by atoms with Gasteiger partial charge in [-0.3, -0.25) is 0 Å². The third-order valence-corrected chi connectivity index (χ3v) is 6.81. The van der Waals surface area contributed by atoms with Gasteiger partial charge in [0.1, 0.15) is 30.0 Å². The van der Waals surface area contributed by atoms with Crippen LogP contribution in [0, 0.1) is 0 Å². The minimum absolute atomic E-state index is 0.0683. The summed E-state index contributed by atoms with van der Waals surface area (Å²) in [6.45, 7) is 3.34. The van der Waals surface area contributed by atoms with E-state index in [2.05, 4.69) is 5.32 Å². The van der Waals surface area contributed by atoms with Crippen molar-refractivity contribution in [3.8, 4) is 0 Å². The normalized spacial score (nSPS) is 51.4. The van der Waals surface area contributed by atoms with Crippen LogP contribution in [0.3, 0.4) is 0 Å². The van der Waals surface area contributed by atoms with Crippen LogP contribution in [0.4, 0.5) is 0 Å². The van der Waals surface area contributed by atoms with Gasteiger partial charge in [0, 0.05) is 18.1 Å². The molecule has 12 N–H and O–H groups in total. The highest BCUT2D eigenvalue weighted by Crippen LogP contribution is 2.31. The first kappa shape index (κ1) is 26.1. The molecule has 13 atom stereocenters. The van der Waals surface area contributed by atoms with Crippen molar-refractivity contribution in [1.82, 2.24) is 5.32 Å². The highest BCUT2D eigenvalue weighted by Gasteiger charge is 2.50. The van der Waals surface area contributed by atoms with E-state index in [0.29, 0.717) is 12.8 Å². The largest absolute Gasteiger partial charge is 0.388 e. The topological polar surface area (TPSA) is 214 Å². The summed E-state index contributed by atoms with van der Waals surface area (Å²) in [5.41, 5.74) is 23.3. The molecule has 1 saturated carbocycles. The fourth-order valence-corrected chi connectivity index (χ4v) is 4.87. The molecule has 3 fully saturated rings. The van der Waals surface area contributed by atoms with Crippen LogP contribution < -0.4 is 28.3 Å². The van der Waals surface area contributed by atoms with Gasteiger partial charge in [-0.15, -0.1) is 0 Å². The molecule has 32 heavy (non-hydrogen) atoms. The van der Waals surface area contributed by atoms with Crippen LogP contribution in [0.25, 0.3) is 0 Å². The summed E-state index contributed by atoms with van der Waals surface area (Å²) < 4.78 is 23.4. The van der Waals surface area contributed by atoms with Gasteiger partial charge in [-0.25, -0.2) is 0 Å². The molecule has 2 saturated heterocycles. The molecule has 3 rings (SSSR count).